The molecule has 25 heavy (non-hydrogen) atoms. The van der Waals surface area contributed by atoms with Gasteiger partial charge in [-0.25, -0.2) is 0 Å². The highest BCUT2D eigenvalue weighted by Crippen LogP contribution is 2.28. The van der Waals surface area contributed by atoms with Crippen molar-refractivity contribution in [2.45, 2.75) is 19.9 Å². The third-order valence-corrected chi connectivity index (χ3v) is 3.04. The molecule has 0 saturated heterocycles. The van der Waals surface area contributed by atoms with Crippen LogP contribution in [0.15, 0.2) is 18.2 Å². The Labute approximate surface area is 146 Å². The molecule has 0 heterocycles. The Morgan fingerprint density at radius 1 is 1.28 bits per heavy atom. The first kappa shape index (κ1) is 22.4. The summed E-state index contributed by atoms with van der Waals surface area (Å²) in [6.07, 6.45) is 0. The third kappa shape index (κ3) is 8.13. The van der Waals surface area contributed by atoms with Gasteiger partial charge < -0.3 is 30.9 Å². The lowest BCUT2D eigenvalue weighted by Crippen LogP contribution is -2.39. The molecule has 1 atom stereocenters. The average Bonchev–Trinajstić information content (AvgIpc) is 2.56. The number of amides is 2. The zero-order valence-corrected chi connectivity index (χ0v) is 14.7. The second kappa shape index (κ2) is 11.8. The van der Waals surface area contributed by atoms with Gasteiger partial charge in [0.1, 0.15) is 12.4 Å². The molecule has 1 unspecified atom stereocenters. The molecule has 2 amide bonds. The van der Waals surface area contributed by atoms with E-state index in [1.165, 1.54) is 14.2 Å². The van der Waals surface area contributed by atoms with Gasteiger partial charge in [-0.3, -0.25) is 14.4 Å². The number of nitrogens with two attached hydrogens (primary N) is 1. The fourth-order valence-corrected chi connectivity index (χ4v) is 1.72. The summed E-state index contributed by atoms with van der Waals surface area (Å²) in [7, 11) is 2.92. The van der Waals surface area contributed by atoms with Crippen LogP contribution in [0.2, 0.25) is 0 Å². The van der Waals surface area contributed by atoms with Crippen LogP contribution in [0.5, 0.6) is 5.75 Å². The van der Waals surface area contributed by atoms with Crippen molar-refractivity contribution < 1.29 is 29.0 Å². The van der Waals surface area contributed by atoms with Crippen LogP contribution in [-0.2, 0) is 19.1 Å². The largest absolute Gasteiger partial charge is 0.494 e. The van der Waals surface area contributed by atoms with Crippen LogP contribution in [0.4, 0.5) is 11.4 Å². The van der Waals surface area contributed by atoms with Gasteiger partial charge in [0.25, 0.3) is 6.47 Å². The third-order valence-electron chi connectivity index (χ3n) is 3.04. The van der Waals surface area contributed by atoms with E-state index in [4.69, 9.17) is 25.1 Å². The minimum absolute atomic E-state index is 0.0366. The topological polar surface area (TPSA) is 140 Å². The summed E-state index contributed by atoms with van der Waals surface area (Å²) in [5.41, 5.74) is 6.83. The van der Waals surface area contributed by atoms with Crippen LogP contribution in [0.25, 0.3) is 0 Å². The Morgan fingerprint density at radius 2 is 1.88 bits per heavy atom. The number of carboxylic acid groups (broad SMARTS) is 1. The molecule has 0 spiro atoms. The van der Waals surface area contributed by atoms with Crippen molar-refractivity contribution in [3.05, 3.63) is 18.2 Å². The van der Waals surface area contributed by atoms with Crippen LogP contribution < -0.4 is 21.1 Å². The fourth-order valence-electron chi connectivity index (χ4n) is 1.72. The Morgan fingerprint density at radius 3 is 2.36 bits per heavy atom. The molecule has 9 heteroatoms. The van der Waals surface area contributed by atoms with Gasteiger partial charge in [0, 0.05) is 18.9 Å². The van der Waals surface area contributed by atoms with Crippen molar-refractivity contribution >= 4 is 29.7 Å². The van der Waals surface area contributed by atoms with Gasteiger partial charge in [-0.15, -0.1) is 0 Å². The highest BCUT2D eigenvalue weighted by Gasteiger charge is 2.18. The number of carbonyl (C=O) groups excluding carboxylic acids is 2. The summed E-state index contributed by atoms with van der Waals surface area (Å²) in [6, 6.07) is 4.33. The van der Waals surface area contributed by atoms with Gasteiger partial charge in [-0.1, -0.05) is 13.8 Å². The van der Waals surface area contributed by atoms with Crippen LogP contribution in [0.3, 0.4) is 0 Å². The molecular weight excluding hydrogens is 330 g/mol. The first-order chi connectivity index (χ1) is 11.8. The number of rotatable bonds is 7. The van der Waals surface area contributed by atoms with Crippen molar-refractivity contribution in [1.82, 2.24) is 0 Å². The number of methoxy groups -OCH3 is 2. The highest BCUT2D eigenvalue weighted by molar-refractivity contribution is 5.97. The zero-order chi connectivity index (χ0) is 19.4. The SMILES string of the molecule is COCC(=O)Nc1ccc(NC(=O)C(N)C(C)C)cc1OC.O=CO. The van der Waals surface area contributed by atoms with Crippen molar-refractivity contribution in [2.75, 3.05) is 31.5 Å². The van der Waals surface area contributed by atoms with E-state index < -0.39 is 6.04 Å². The normalized spacial score (nSPS) is 11.0. The predicted molar refractivity (Wildman–Crippen MR) is 93.6 cm³/mol. The van der Waals surface area contributed by atoms with E-state index in [-0.39, 0.29) is 30.8 Å². The van der Waals surface area contributed by atoms with Crippen LogP contribution in [-0.4, -0.2) is 50.3 Å². The van der Waals surface area contributed by atoms with Gasteiger partial charge in [0.05, 0.1) is 18.8 Å². The van der Waals surface area contributed by atoms with E-state index in [0.29, 0.717) is 17.1 Å². The molecule has 0 aliphatic carbocycles. The zero-order valence-electron chi connectivity index (χ0n) is 14.7. The van der Waals surface area contributed by atoms with Crippen LogP contribution >= 0.6 is 0 Å². The standard InChI is InChI=1S/C15H23N3O4.CH2O2/c1-9(2)14(16)15(20)17-10-5-6-11(12(7-10)22-4)18-13(19)8-21-3;2-1-3/h5-7,9,14H,8,16H2,1-4H3,(H,17,20)(H,18,19);1H,(H,2,3). The first-order valence-electron chi connectivity index (χ1n) is 7.41. The maximum absolute atomic E-state index is 11.9. The van der Waals surface area contributed by atoms with Gasteiger partial charge in [-0.05, 0) is 18.1 Å². The molecule has 9 nitrogen and oxygen atoms in total. The number of ether oxygens (including phenoxy) is 2. The molecular formula is C16H25N3O6. The summed E-state index contributed by atoms with van der Waals surface area (Å²) < 4.78 is 9.97. The van der Waals surface area contributed by atoms with Crippen LogP contribution in [0.1, 0.15) is 13.8 Å². The molecule has 0 aliphatic heterocycles. The Hall–Kier alpha value is -2.65. The highest BCUT2D eigenvalue weighted by atomic mass is 16.5. The van der Waals surface area contributed by atoms with E-state index in [0.717, 1.165) is 0 Å². The van der Waals surface area contributed by atoms with E-state index in [1.54, 1.807) is 18.2 Å². The van der Waals surface area contributed by atoms with Gasteiger partial charge in [0.15, 0.2) is 0 Å². The number of anilines is 2. The maximum Gasteiger partial charge on any atom is 0.290 e. The summed E-state index contributed by atoms with van der Waals surface area (Å²) in [5, 5.41) is 12.3. The number of nitrogens with one attached hydrogen (secondary N) is 2. The smallest absolute Gasteiger partial charge is 0.290 e. The molecule has 5 N–H and O–H groups in total. The van der Waals surface area contributed by atoms with Crippen LogP contribution in [0, 0.1) is 5.92 Å². The second-order valence-corrected chi connectivity index (χ2v) is 5.26. The Kier molecular flexibility index (Phi) is 10.6. The first-order valence-corrected chi connectivity index (χ1v) is 7.41. The van der Waals surface area contributed by atoms with E-state index in [1.807, 2.05) is 13.8 Å². The average molecular weight is 355 g/mol. The van der Waals surface area contributed by atoms with Gasteiger partial charge in [0.2, 0.25) is 11.8 Å². The molecule has 0 fully saturated rings. The molecule has 0 radical (unpaired) electrons. The number of hydrogen-bond acceptors (Lipinski definition) is 6. The molecule has 0 aliphatic rings. The Bertz CT molecular complexity index is 577. The van der Waals surface area contributed by atoms with Crippen molar-refractivity contribution in [3.8, 4) is 5.75 Å². The predicted octanol–water partition coefficient (Wildman–Crippen LogP) is 0.903. The van der Waals surface area contributed by atoms with Gasteiger partial charge >= 0.3 is 0 Å². The minimum atomic E-state index is -0.591. The molecule has 1 aromatic rings. The maximum atomic E-state index is 11.9. The quantitative estimate of drug-likeness (QED) is 0.533. The lowest BCUT2D eigenvalue weighted by Gasteiger charge is -2.16. The Balaban J connectivity index is 0.00000178. The molecule has 0 aromatic heterocycles. The van der Waals surface area contributed by atoms with E-state index in [9.17, 15) is 9.59 Å². The molecule has 1 aromatic carbocycles. The molecule has 0 bridgehead atoms. The fraction of sp³-hybridized carbons (Fsp3) is 0.438. The lowest BCUT2D eigenvalue weighted by atomic mass is 10.0. The summed E-state index contributed by atoms with van der Waals surface area (Å²) in [5.74, 6) is -0.0949. The monoisotopic (exact) mass is 355 g/mol. The van der Waals surface area contributed by atoms with Crippen molar-refractivity contribution in [3.63, 3.8) is 0 Å². The lowest BCUT2D eigenvalue weighted by molar-refractivity contribution is -0.123. The van der Waals surface area contributed by atoms with Gasteiger partial charge in [-0.2, -0.15) is 0 Å². The van der Waals surface area contributed by atoms with Crippen molar-refractivity contribution in [2.24, 2.45) is 11.7 Å². The summed E-state index contributed by atoms with van der Waals surface area (Å²) in [4.78, 5) is 31.8. The van der Waals surface area contributed by atoms with Crippen molar-refractivity contribution in [1.29, 1.82) is 0 Å². The molecule has 140 valence electrons. The molecule has 0 saturated carbocycles. The summed E-state index contributed by atoms with van der Waals surface area (Å²) in [6.45, 7) is 3.45. The summed E-state index contributed by atoms with van der Waals surface area (Å²) >= 11 is 0. The number of hydrogen-bond donors (Lipinski definition) is 4. The molecule has 1 rings (SSSR count). The number of benzene rings is 1. The second-order valence-electron chi connectivity index (χ2n) is 5.26. The minimum Gasteiger partial charge on any atom is -0.494 e. The van der Waals surface area contributed by atoms with E-state index in [2.05, 4.69) is 10.6 Å². The number of carbonyl (C=O) groups is 3. The van der Waals surface area contributed by atoms with E-state index >= 15 is 0 Å².